The van der Waals surface area contributed by atoms with Crippen molar-refractivity contribution in [3.05, 3.63) is 37.1 Å². The fraction of sp³-hybridized carbons (Fsp3) is 0.500. The first-order valence-corrected chi connectivity index (χ1v) is 9.44. The number of likely N-dealkylation sites (tertiary alicyclic amines) is 1. The summed E-state index contributed by atoms with van der Waals surface area (Å²) in [4.78, 5) is 36.9. The summed E-state index contributed by atoms with van der Waals surface area (Å²) in [5.74, 6) is 0. The quantitative estimate of drug-likeness (QED) is 0.793. The number of pyridine rings is 1. The summed E-state index contributed by atoms with van der Waals surface area (Å²) in [5.41, 5.74) is 1.08. The summed E-state index contributed by atoms with van der Waals surface area (Å²) >= 11 is 0. The van der Waals surface area contributed by atoms with Crippen LogP contribution < -0.4 is 0 Å². The number of carbonyl (C=O) groups excluding carboxylic acids is 2. The number of hydrogen-bond donors (Lipinski definition) is 0. The summed E-state index contributed by atoms with van der Waals surface area (Å²) in [5, 5.41) is 0. The van der Waals surface area contributed by atoms with E-state index in [0.29, 0.717) is 18.8 Å². The Balaban J connectivity index is 1.66. The molecule has 1 saturated heterocycles. The van der Waals surface area contributed by atoms with Crippen molar-refractivity contribution in [2.45, 2.75) is 45.3 Å². The Hall–Kier alpha value is -2.90. The minimum atomic E-state index is -0.536. The van der Waals surface area contributed by atoms with E-state index in [1.54, 1.807) is 35.4 Å². The molecular weight excluding hydrogens is 358 g/mol. The van der Waals surface area contributed by atoms with Crippen LogP contribution in [0.3, 0.4) is 0 Å². The van der Waals surface area contributed by atoms with Crippen molar-refractivity contribution in [2.24, 2.45) is 0 Å². The number of aromatic nitrogens is 3. The molecule has 0 aliphatic carbocycles. The van der Waals surface area contributed by atoms with Gasteiger partial charge >= 0.3 is 12.1 Å². The summed E-state index contributed by atoms with van der Waals surface area (Å²) in [6.07, 6.45) is 7.94. The van der Waals surface area contributed by atoms with E-state index in [1.165, 1.54) is 10.9 Å². The number of likely N-dealkylation sites (N-methyl/N-ethyl adjacent to an activating group) is 1. The van der Waals surface area contributed by atoms with Crippen molar-refractivity contribution < 1.29 is 14.3 Å². The van der Waals surface area contributed by atoms with Crippen LogP contribution in [0.15, 0.2) is 37.1 Å². The van der Waals surface area contributed by atoms with Crippen LogP contribution in [-0.4, -0.2) is 68.2 Å². The molecule has 1 fully saturated rings. The molecule has 8 heteroatoms. The van der Waals surface area contributed by atoms with Crippen molar-refractivity contribution in [2.75, 3.05) is 20.1 Å². The molecule has 2 aromatic rings. The van der Waals surface area contributed by atoms with Crippen LogP contribution in [0, 0.1) is 0 Å². The molecule has 1 unspecified atom stereocenters. The van der Waals surface area contributed by atoms with Gasteiger partial charge in [0.2, 0.25) is 0 Å². The standard InChI is InChI=1S/C20H27N5O3/c1-20(2,3)28-19(27)24-11-5-6-16(12-24)23(4)18(26)25-13-17(22-14-25)15-7-9-21-10-8-15/h7-10,13-14,16H,5-6,11-12H2,1-4H3. The second kappa shape index (κ2) is 8.00. The van der Waals surface area contributed by atoms with Crippen molar-refractivity contribution in [1.29, 1.82) is 0 Å². The van der Waals surface area contributed by atoms with Gasteiger partial charge in [-0.15, -0.1) is 0 Å². The number of nitrogens with zero attached hydrogens (tertiary/aromatic N) is 5. The van der Waals surface area contributed by atoms with E-state index >= 15 is 0 Å². The van der Waals surface area contributed by atoms with Crippen LogP contribution in [0.2, 0.25) is 0 Å². The second-order valence-electron chi connectivity index (χ2n) is 8.02. The number of piperidine rings is 1. The van der Waals surface area contributed by atoms with E-state index in [2.05, 4.69) is 9.97 Å². The minimum absolute atomic E-state index is 0.0689. The van der Waals surface area contributed by atoms with Gasteiger partial charge in [0.25, 0.3) is 0 Å². The van der Waals surface area contributed by atoms with E-state index < -0.39 is 5.60 Å². The van der Waals surface area contributed by atoms with Gasteiger partial charge in [0, 0.05) is 44.3 Å². The smallest absolute Gasteiger partial charge is 0.410 e. The maximum Gasteiger partial charge on any atom is 0.410 e. The molecule has 2 aromatic heterocycles. The normalized spacial score (nSPS) is 17.3. The van der Waals surface area contributed by atoms with Gasteiger partial charge in [-0.3, -0.25) is 9.55 Å². The largest absolute Gasteiger partial charge is 0.444 e. The summed E-state index contributed by atoms with van der Waals surface area (Å²) in [6, 6.07) is 3.45. The van der Waals surface area contributed by atoms with Gasteiger partial charge in [0.15, 0.2) is 0 Å². The van der Waals surface area contributed by atoms with Crippen LogP contribution in [0.4, 0.5) is 9.59 Å². The van der Waals surface area contributed by atoms with E-state index in [-0.39, 0.29) is 18.2 Å². The lowest BCUT2D eigenvalue weighted by atomic mass is 10.1. The highest BCUT2D eigenvalue weighted by atomic mass is 16.6. The summed E-state index contributed by atoms with van der Waals surface area (Å²) in [7, 11) is 1.76. The Bertz CT molecular complexity index is 828. The number of imidazole rings is 1. The number of carbonyl (C=O) groups is 2. The highest BCUT2D eigenvalue weighted by molar-refractivity contribution is 5.78. The predicted molar refractivity (Wildman–Crippen MR) is 105 cm³/mol. The van der Waals surface area contributed by atoms with Gasteiger partial charge < -0.3 is 14.5 Å². The Morgan fingerprint density at radius 3 is 2.64 bits per heavy atom. The molecule has 1 aliphatic rings. The van der Waals surface area contributed by atoms with Crippen molar-refractivity contribution in [3.63, 3.8) is 0 Å². The molecule has 8 nitrogen and oxygen atoms in total. The van der Waals surface area contributed by atoms with Crippen LogP contribution in [0.1, 0.15) is 33.6 Å². The van der Waals surface area contributed by atoms with Gasteiger partial charge in [-0.05, 0) is 45.7 Å². The van der Waals surface area contributed by atoms with Gasteiger partial charge in [-0.2, -0.15) is 0 Å². The maximum atomic E-state index is 12.9. The lowest BCUT2D eigenvalue weighted by Crippen LogP contribution is -2.51. The Morgan fingerprint density at radius 2 is 1.96 bits per heavy atom. The zero-order valence-corrected chi connectivity index (χ0v) is 16.8. The number of amides is 2. The third kappa shape index (κ3) is 4.68. The maximum absolute atomic E-state index is 12.9. The molecule has 0 N–H and O–H groups in total. The van der Waals surface area contributed by atoms with E-state index in [9.17, 15) is 9.59 Å². The Morgan fingerprint density at radius 1 is 1.25 bits per heavy atom. The molecule has 28 heavy (non-hydrogen) atoms. The van der Waals surface area contributed by atoms with Crippen LogP contribution in [0.25, 0.3) is 11.3 Å². The first-order valence-electron chi connectivity index (χ1n) is 9.44. The third-order valence-corrected chi connectivity index (χ3v) is 4.68. The van der Waals surface area contributed by atoms with Crippen LogP contribution >= 0.6 is 0 Å². The SMILES string of the molecule is CN(C(=O)n1cnc(-c2ccncc2)c1)C1CCCN(C(=O)OC(C)(C)C)C1. The molecule has 150 valence electrons. The monoisotopic (exact) mass is 385 g/mol. The van der Waals surface area contributed by atoms with Gasteiger partial charge in [0.05, 0.1) is 11.7 Å². The number of rotatable bonds is 2. The summed E-state index contributed by atoms with van der Waals surface area (Å²) in [6.45, 7) is 6.65. The fourth-order valence-electron chi connectivity index (χ4n) is 3.20. The third-order valence-electron chi connectivity index (χ3n) is 4.68. The zero-order chi connectivity index (χ0) is 20.3. The Kier molecular flexibility index (Phi) is 5.67. The lowest BCUT2D eigenvalue weighted by molar-refractivity contribution is 0.0146. The minimum Gasteiger partial charge on any atom is -0.444 e. The fourth-order valence-corrected chi connectivity index (χ4v) is 3.20. The zero-order valence-electron chi connectivity index (χ0n) is 16.8. The van der Waals surface area contributed by atoms with E-state index in [1.807, 2.05) is 32.9 Å². The van der Waals surface area contributed by atoms with Gasteiger partial charge in [-0.25, -0.2) is 14.6 Å². The van der Waals surface area contributed by atoms with Crippen molar-refractivity contribution in [1.82, 2.24) is 24.3 Å². The number of ether oxygens (including phenoxy) is 1. The van der Waals surface area contributed by atoms with E-state index in [4.69, 9.17) is 4.74 Å². The van der Waals surface area contributed by atoms with Crippen molar-refractivity contribution >= 4 is 12.1 Å². The highest BCUT2D eigenvalue weighted by Crippen LogP contribution is 2.20. The number of hydrogen-bond acceptors (Lipinski definition) is 5. The van der Waals surface area contributed by atoms with Crippen molar-refractivity contribution in [3.8, 4) is 11.3 Å². The predicted octanol–water partition coefficient (Wildman–Crippen LogP) is 3.24. The topological polar surface area (TPSA) is 80.6 Å². The molecule has 1 aliphatic heterocycles. The first kappa shape index (κ1) is 19.9. The molecule has 2 amide bonds. The second-order valence-corrected chi connectivity index (χ2v) is 8.02. The first-order chi connectivity index (χ1) is 13.2. The average molecular weight is 385 g/mol. The Labute approximate surface area is 165 Å². The summed E-state index contributed by atoms with van der Waals surface area (Å²) < 4.78 is 6.94. The molecule has 0 radical (unpaired) electrons. The van der Waals surface area contributed by atoms with Crippen LogP contribution in [-0.2, 0) is 4.74 Å². The molecular formula is C20H27N5O3. The molecule has 0 spiro atoms. The molecule has 3 rings (SSSR count). The molecule has 1 atom stereocenters. The van der Waals surface area contributed by atoms with E-state index in [0.717, 1.165) is 18.4 Å². The molecule has 0 saturated carbocycles. The molecule has 0 bridgehead atoms. The molecule has 3 heterocycles. The van der Waals surface area contributed by atoms with Crippen LogP contribution in [0.5, 0.6) is 0 Å². The molecule has 0 aromatic carbocycles. The van der Waals surface area contributed by atoms with Gasteiger partial charge in [-0.1, -0.05) is 0 Å². The average Bonchev–Trinajstić information content (AvgIpc) is 3.16. The van der Waals surface area contributed by atoms with Gasteiger partial charge in [0.1, 0.15) is 11.9 Å². The highest BCUT2D eigenvalue weighted by Gasteiger charge is 2.31. The lowest BCUT2D eigenvalue weighted by Gasteiger charge is -2.38.